The zero-order valence-corrected chi connectivity index (χ0v) is 18.6. The van der Waals surface area contributed by atoms with Gasteiger partial charge >= 0.3 is 0 Å². The molecule has 2 aliphatic heterocycles. The molecule has 26 heavy (non-hydrogen) atoms. The highest BCUT2D eigenvalue weighted by atomic mass is 35.5. The molecule has 0 spiro atoms. The average molecular weight is 432 g/mol. The van der Waals surface area contributed by atoms with E-state index >= 15 is 0 Å². The molecule has 0 aromatic heterocycles. The van der Waals surface area contributed by atoms with Crippen molar-refractivity contribution < 1.29 is 4.79 Å². The van der Waals surface area contributed by atoms with Crippen molar-refractivity contribution in [3.8, 4) is 0 Å². The molecule has 156 valence electrons. The summed E-state index contributed by atoms with van der Waals surface area (Å²) >= 11 is 0. The fourth-order valence-corrected chi connectivity index (χ4v) is 4.45. The van der Waals surface area contributed by atoms with Crippen molar-refractivity contribution in [2.75, 3.05) is 46.3 Å². The Balaban J connectivity index is 0.00000208. The van der Waals surface area contributed by atoms with Crippen molar-refractivity contribution in [3.05, 3.63) is 0 Å². The molecule has 0 aromatic carbocycles. The van der Waals surface area contributed by atoms with Crippen molar-refractivity contribution in [1.82, 2.24) is 20.4 Å². The summed E-state index contributed by atoms with van der Waals surface area (Å²) in [5.41, 5.74) is 0. The van der Waals surface area contributed by atoms with Crippen LogP contribution in [0.2, 0.25) is 0 Å². The van der Waals surface area contributed by atoms with Gasteiger partial charge < -0.3 is 20.4 Å². The average Bonchev–Trinajstić information content (AvgIpc) is 2.99. The van der Waals surface area contributed by atoms with Gasteiger partial charge in [-0.3, -0.25) is 4.79 Å². The van der Waals surface area contributed by atoms with Crippen molar-refractivity contribution in [3.63, 3.8) is 0 Å². The third-order valence-corrected chi connectivity index (χ3v) is 5.97. The summed E-state index contributed by atoms with van der Waals surface area (Å²) in [7, 11) is 2.19. The van der Waals surface area contributed by atoms with Gasteiger partial charge in [0.05, 0.1) is 6.04 Å². The van der Waals surface area contributed by atoms with Crippen LogP contribution in [0.15, 0.2) is 0 Å². The van der Waals surface area contributed by atoms with Crippen LogP contribution in [-0.4, -0.2) is 74.1 Å². The molecule has 1 saturated carbocycles. The first-order valence-corrected chi connectivity index (χ1v) is 9.56. The van der Waals surface area contributed by atoms with Gasteiger partial charge in [-0.25, -0.2) is 0 Å². The number of nitrogens with zero attached hydrogens (tertiary/aromatic N) is 2. The number of piperazine rings is 1. The summed E-state index contributed by atoms with van der Waals surface area (Å²) in [6, 6.07) is 0.654. The van der Waals surface area contributed by atoms with Crippen LogP contribution in [-0.2, 0) is 4.79 Å². The standard InChI is InChI=1S/C18H34N4O.3ClH/c1-14(13-22-9-7-21(2)8-10-22)12-19-18(23)17-11-15-5-3-4-6-16(15)20-17;;;/h14-17,20H,3-13H2,1-2H3,(H,19,23);3*1H. The lowest BCUT2D eigenvalue weighted by atomic mass is 9.85. The smallest absolute Gasteiger partial charge is 0.237 e. The second-order valence-corrected chi connectivity index (χ2v) is 8.06. The molecule has 8 heteroatoms. The number of rotatable bonds is 5. The number of hydrogen-bond donors (Lipinski definition) is 2. The molecule has 2 saturated heterocycles. The van der Waals surface area contributed by atoms with E-state index in [4.69, 9.17) is 0 Å². The van der Waals surface area contributed by atoms with E-state index in [1.54, 1.807) is 0 Å². The first-order chi connectivity index (χ1) is 11.1. The van der Waals surface area contributed by atoms with Crippen molar-refractivity contribution in [1.29, 1.82) is 0 Å². The van der Waals surface area contributed by atoms with E-state index in [9.17, 15) is 4.79 Å². The third kappa shape index (κ3) is 7.33. The van der Waals surface area contributed by atoms with Crippen molar-refractivity contribution in [2.24, 2.45) is 11.8 Å². The Morgan fingerprint density at radius 2 is 1.77 bits per heavy atom. The summed E-state index contributed by atoms with van der Waals surface area (Å²) in [6.07, 6.45) is 6.28. The Hall–Kier alpha value is 0.220. The monoisotopic (exact) mass is 430 g/mol. The van der Waals surface area contributed by atoms with Gasteiger partial charge in [0.15, 0.2) is 0 Å². The number of amides is 1. The van der Waals surface area contributed by atoms with Gasteiger partial charge in [-0.05, 0) is 38.1 Å². The maximum Gasteiger partial charge on any atom is 0.237 e. The summed E-state index contributed by atoms with van der Waals surface area (Å²) in [5.74, 6) is 1.48. The maximum absolute atomic E-state index is 12.4. The van der Waals surface area contributed by atoms with E-state index < -0.39 is 0 Å². The lowest BCUT2D eigenvalue weighted by molar-refractivity contribution is -0.123. The first-order valence-electron chi connectivity index (χ1n) is 9.56. The molecule has 2 N–H and O–H groups in total. The van der Waals surface area contributed by atoms with E-state index in [1.807, 2.05) is 0 Å². The Morgan fingerprint density at radius 1 is 1.12 bits per heavy atom. The number of fused-ring (bicyclic) bond motifs is 1. The van der Waals surface area contributed by atoms with Gasteiger partial charge in [0.1, 0.15) is 0 Å². The molecular formula is C18H37Cl3N4O. The number of likely N-dealkylation sites (N-methyl/N-ethyl adjacent to an activating group) is 1. The number of nitrogens with one attached hydrogen (secondary N) is 2. The number of carbonyl (C=O) groups is 1. The summed E-state index contributed by atoms with van der Waals surface area (Å²) < 4.78 is 0. The quantitative estimate of drug-likeness (QED) is 0.700. The van der Waals surface area contributed by atoms with Crippen LogP contribution in [0.1, 0.15) is 39.0 Å². The molecule has 5 nitrogen and oxygen atoms in total. The molecule has 0 aromatic rings. The minimum absolute atomic E-state index is 0. The molecule has 0 radical (unpaired) electrons. The number of halogens is 3. The van der Waals surface area contributed by atoms with Crippen LogP contribution in [0, 0.1) is 11.8 Å². The minimum Gasteiger partial charge on any atom is -0.354 e. The van der Waals surface area contributed by atoms with Crippen LogP contribution in [0.25, 0.3) is 0 Å². The van der Waals surface area contributed by atoms with E-state index in [0.717, 1.165) is 51.6 Å². The molecule has 3 rings (SSSR count). The predicted octanol–water partition coefficient (Wildman–Crippen LogP) is 2.17. The first kappa shape index (κ1) is 26.2. The van der Waals surface area contributed by atoms with Crippen LogP contribution < -0.4 is 10.6 Å². The van der Waals surface area contributed by atoms with Crippen LogP contribution in [0.5, 0.6) is 0 Å². The molecule has 3 aliphatic rings. The maximum atomic E-state index is 12.4. The molecule has 3 fully saturated rings. The van der Waals surface area contributed by atoms with Gasteiger partial charge in [-0.15, -0.1) is 37.2 Å². The van der Waals surface area contributed by atoms with Crippen molar-refractivity contribution in [2.45, 2.75) is 51.1 Å². The molecule has 0 bridgehead atoms. The summed E-state index contributed by atoms with van der Waals surface area (Å²) in [5, 5.41) is 6.77. The lowest BCUT2D eigenvalue weighted by Crippen LogP contribution is -2.48. The second-order valence-electron chi connectivity index (χ2n) is 8.06. The SMILES string of the molecule is CC(CNC(=O)C1CC2CCCCC2N1)CN1CCN(C)CC1.Cl.Cl.Cl. The highest BCUT2D eigenvalue weighted by molar-refractivity contribution is 5.86. The van der Waals surface area contributed by atoms with Gasteiger partial charge in [0.25, 0.3) is 0 Å². The normalized spacial score (nSPS) is 30.2. The molecular weight excluding hydrogens is 395 g/mol. The highest BCUT2D eigenvalue weighted by Crippen LogP contribution is 2.33. The topological polar surface area (TPSA) is 47.6 Å². The number of hydrogen-bond acceptors (Lipinski definition) is 4. The zero-order valence-electron chi connectivity index (χ0n) is 16.1. The Bertz CT molecular complexity index is 394. The minimum atomic E-state index is 0. The predicted molar refractivity (Wildman–Crippen MR) is 115 cm³/mol. The molecule has 4 atom stereocenters. The third-order valence-electron chi connectivity index (χ3n) is 5.97. The van der Waals surface area contributed by atoms with E-state index in [-0.39, 0.29) is 49.2 Å². The zero-order chi connectivity index (χ0) is 16.2. The molecule has 4 unspecified atom stereocenters. The Labute approximate surface area is 177 Å². The van der Waals surface area contributed by atoms with Crippen molar-refractivity contribution >= 4 is 43.1 Å². The Morgan fingerprint density at radius 3 is 2.42 bits per heavy atom. The second kappa shape index (κ2) is 12.6. The molecule has 1 amide bonds. The van der Waals surface area contributed by atoms with Gasteiger partial charge in [0, 0.05) is 45.3 Å². The van der Waals surface area contributed by atoms with Gasteiger partial charge in [-0.2, -0.15) is 0 Å². The highest BCUT2D eigenvalue weighted by Gasteiger charge is 2.38. The summed E-state index contributed by atoms with van der Waals surface area (Å²) in [6.45, 7) is 8.78. The van der Waals surface area contributed by atoms with E-state index in [2.05, 4.69) is 34.4 Å². The van der Waals surface area contributed by atoms with Crippen LogP contribution >= 0.6 is 37.2 Å². The van der Waals surface area contributed by atoms with Gasteiger partial charge in [-0.1, -0.05) is 19.8 Å². The van der Waals surface area contributed by atoms with E-state index in [0.29, 0.717) is 12.0 Å². The number of carbonyl (C=O) groups excluding carboxylic acids is 1. The van der Waals surface area contributed by atoms with Crippen LogP contribution in [0.3, 0.4) is 0 Å². The molecule has 2 heterocycles. The van der Waals surface area contributed by atoms with Crippen LogP contribution in [0.4, 0.5) is 0 Å². The van der Waals surface area contributed by atoms with E-state index in [1.165, 1.54) is 25.7 Å². The molecule has 1 aliphatic carbocycles. The largest absolute Gasteiger partial charge is 0.354 e. The fourth-order valence-electron chi connectivity index (χ4n) is 4.45. The Kier molecular flexibility index (Phi) is 12.7. The van der Waals surface area contributed by atoms with Gasteiger partial charge in [0.2, 0.25) is 5.91 Å². The summed E-state index contributed by atoms with van der Waals surface area (Å²) in [4.78, 5) is 17.3. The fraction of sp³-hybridized carbons (Fsp3) is 0.944. The lowest BCUT2D eigenvalue weighted by Gasteiger charge is -2.34.